The van der Waals surface area contributed by atoms with Gasteiger partial charge < -0.3 is 5.11 Å². The Morgan fingerprint density at radius 1 is 1.11 bits per heavy atom. The van der Waals surface area contributed by atoms with Crippen LogP contribution < -0.4 is 0 Å². The molecule has 0 saturated heterocycles. The number of halogens is 1. The Morgan fingerprint density at radius 3 is 2.63 bits per heavy atom. The van der Waals surface area contributed by atoms with E-state index in [2.05, 4.69) is 4.98 Å². The minimum atomic E-state index is -0.211. The van der Waals surface area contributed by atoms with Crippen LogP contribution in [0.3, 0.4) is 0 Å². The summed E-state index contributed by atoms with van der Waals surface area (Å²) < 4.78 is 13.6. The number of pyridine rings is 1. The van der Waals surface area contributed by atoms with Crippen molar-refractivity contribution in [1.29, 1.82) is 0 Å². The minimum Gasteiger partial charge on any atom is -0.395 e. The van der Waals surface area contributed by atoms with Crippen molar-refractivity contribution in [2.75, 3.05) is 13.2 Å². The molecule has 0 atom stereocenters. The monoisotopic (exact) mass is 260 g/mol. The van der Waals surface area contributed by atoms with Gasteiger partial charge in [-0.3, -0.25) is 9.88 Å². The van der Waals surface area contributed by atoms with Crippen LogP contribution in [0.4, 0.5) is 4.39 Å². The van der Waals surface area contributed by atoms with Gasteiger partial charge in [0.05, 0.1) is 6.61 Å². The number of rotatable bonds is 6. The summed E-state index contributed by atoms with van der Waals surface area (Å²) in [6.07, 6.45) is 3.50. The van der Waals surface area contributed by atoms with Crippen molar-refractivity contribution in [1.82, 2.24) is 9.88 Å². The lowest BCUT2D eigenvalue weighted by Gasteiger charge is -2.21. The van der Waals surface area contributed by atoms with Crippen LogP contribution in [-0.4, -0.2) is 28.1 Å². The molecule has 1 aromatic carbocycles. The lowest BCUT2D eigenvalue weighted by atomic mass is 10.2. The summed E-state index contributed by atoms with van der Waals surface area (Å²) in [4.78, 5) is 6.05. The van der Waals surface area contributed by atoms with Crippen molar-refractivity contribution >= 4 is 0 Å². The molecular weight excluding hydrogens is 243 g/mol. The van der Waals surface area contributed by atoms with Crippen LogP contribution in [0, 0.1) is 5.82 Å². The van der Waals surface area contributed by atoms with Gasteiger partial charge in [-0.1, -0.05) is 24.3 Å². The molecule has 0 aliphatic heterocycles. The van der Waals surface area contributed by atoms with E-state index in [4.69, 9.17) is 5.11 Å². The molecule has 0 spiro atoms. The van der Waals surface area contributed by atoms with Crippen molar-refractivity contribution in [2.45, 2.75) is 13.1 Å². The summed E-state index contributed by atoms with van der Waals surface area (Å²) in [5, 5.41) is 9.11. The first kappa shape index (κ1) is 13.6. The topological polar surface area (TPSA) is 36.4 Å². The van der Waals surface area contributed by atoms with Crippen LogP contribution in [0.5, 0.6) is 0 Å². The van der Waals surface area contributed by atoms with Crippen LogP contribution in [0.25, 0.3) is 0 Å². The molecule has 4 heteroatoms. The fraction of sp³-hybridized carbons (Fsp3) is 0.267. The molecule has 1 N–H and O–H groups in total. The van der Waals surface area contributed by atoms with Gasteiger partial charge >= 0.3 is 0 Å². The van der Waals surface area contributed by atoms with Gasteiger partial charge in [0.1, 0.15) is 5.82 Å². The minimum absolute atomic E-state index is 0.0503. The van der Waals surface area contributed by atoms with Crippen LogP contribution in [-0.2, 0) is 13.1 Å². The van der Waals surface area contributed by atoms with Crippen molar-refractivity contribution in [3.63, 3.8) is 0 Å². The molecule has 0 aliphatic rings. The van der Waals surface area contributed by atoms with Gasteiger partial charge in [-0.25, -0.2) is 4.39 Å². The molecule has 19 heavy (non-hydrogen) atoms. The van der Waals surface area contributed by atoms with Crippen molar-refractivity contribution in [2.24, 2.45) is 0 Å². The summed E-state index contributed by atoms with van der Waals surface area (Å²) in [5.74, 6) is -0.211. The van der Waals surface area contributed by atoms with Gasteiger partial charge in [-0.2, -0.15) is 0 Å². The quantitative estimate of drug-likeness (QED) is 0.865. The normalized spacial score (nSPS) is 10.9. The molecule has 0 radical (unpaired) electrons. The van der Waals surface area contributed by atoms with Crippen LogP contribution >= 0.6 is 0 Å². The Kier molecular flexibility index (Phi) is 5.01. The molecule has 0 aliphatic carbocycles. The first-order chi connectivity index (χ1) is 9.29. The summed E-state index contributed by atoms with van der Waals surface area (Å²) >= 11 is 0. The third-order valence-electron chi connectivity index (χ3n) is 2.90. The number of aliphatic hydroxyl groups excluding tert-OH is 1. The predicted octanol–water partition coefficient (Wildman–Crippen LogP) is 2.22. The average Bonchev–Trinajstić information content (AvgIpc) is 2.43. The highest BCUT2D eigenvalue weighted by atomic mass is 19.1. The fourth-order valence-corrected chi connectivity index (χ4v) is 1.97. The summed E-state index contributed by atoms with van der Waals surface area (Å²) in [5.41, 5.74) is 1.69. The Balaban J connectivity index is 2.06. The number of hydrogen-bond acceptors (Lipinski definition) is 3. The standard InChI is InChI=1S/C15H17FN2O/c16-15-6-2-1-5-14(15)12-18(8-9-19)11-13-4-3-7-17-10-13/h1-7,10,19H,8-9,11-12H2. The van der Waals surface area contributed by atoms with Crippen molar-refractivity contribution in [3.8, 4) is 0 Å². The number of benzene rings is 1. The third kappa shape index (κ3) is 4.12. The van der Waals surface area contributed by atoms with E-state index in [0.717, 1.165) is 5.56 Å². The third-order valence-corrected chi connectivity index (χ3v) is 2.90. The largest absolute Gasteiger partial charge is 0.395 e. The van der Waals surface area contributed by atoms with E-state index in [9.17, 15) is 4.39 Å². The highest BCUT2D eigenvalue weighted by Crippen LogP contribution is 2.12. The molecular formula is C15H17FN2O. The second-order valence-electron chi connectivity index (χ2n) is 4.39. The van der Waals surface area contributed by atoms with E-state index in [1.54, 1.807) is 24.5 Å². The van der Waals surface area contributed by atoms with Crippen molar-refractivity contribution < 1.29 is 9.50 Å². The van der Waals surface area contributed by atoms with Crippen LogP contribution in [0.15, 0.2) is 48.8 Å². The lowest BCUT2D eigenvalue weighted by Crippen LogP contribution is -2.26. The smallest absolute Gasteiger partial charge is 0.127 e. The summed E-state index contributed by atoms with van der Waals surface area (Å²) in [7, 11) is 0. The second-order valence-corrected chi connectivity index (χ2v) is 4.39. The Labute approximate surface area is 112 Å². The summed E-state index contributed by atoms with van der Waals surface area (Å²) in [6.45, 7) is 1.67. The predicted molar refractivity (Wildman–Crippen MR) is 71.8 cm³/mol. The van der Waals surface area contributed by atoms with Gasteiger partial charge in [-0.05, 0) is 17.7 Å². The molecule has 2 rings (SSSR count). The lowest BCUT2D eigenvalue weighted by molar-refractivity contribution is 0.182. The second kappa shape index (κ2) is 6.97. The van der Waals surface area contributed by atoms with Crippen LogP contribution in [0.2, 0.25) is 0 Å². The number of aliphatic hydroxyl groups is 1. The van der Waals surface area contributed by atoms with Gasteiger partial charge in [0.2, 0.25) is 0 Å². The Hall–Kier alpha value is -1.78. The van der Waals surface area contributed by atoms with E-state index in [1.807, 2.05) is 23.1 Å². The van der Waals surface area contributed by atoms with Gasteiger partial charge in [0.25, 0.3) is 0 Å². The molecule has 1 heterocycles. The SMILES string of the molecule is OCCN(Cc1cccnc1)Cc1ccccc1F. The molecule has 1 aromatic heterocycles. The maximum Gasteiger partial charge on any atom is 0.127 e. The number of nitrogens with zero attached hydrogens (tertiary/aromatic N) is 2. The molecule has 0 amide bonds. The highest BCUT2D eigenvalue weighted by Gasteiger charge is 2.09. The van der Waals surface area contributed by atoms with Gasteiger partial charge in [0, 0.05) is 37.6 Å². The van der Waals surface area contributed by atoms with E-state index in [0.29, 0.717) is 25.2 Å². The Morgan fingerprint density at radius 2 is 1.95 bits per heavy atom. The zero-order valence-electron chi connectivity index (χ0n) is 10.7. The van der Waals surface area contributed by atoms with Gasteiger partial charge in [-0.15, -0.1) is 0 Å². The zero-order valence-corrected chi connectivity index (χ0v) is 10.7. The fourth-order valence-electron chi connectivity index (χ4n) is 1.97. The molecule has 0 bridgehead atoms. The molecule has 100 valence electrons. The maximum absolute atomic E-state index is 13.6. The Bertz CT molecular complexity index is 505. The first-order valence-corrected chi connectivity index (χ1v) is 6.25. The van der Waals surface area contributed by atoms with Crippen LogP contribution in [0.1, 0.15) is 11.1 Å². The zero-order chi connectivity index (χ0) is 13.5. The van der Waals surface area contributed by atoms with E-state index < -0.39 is 0 Å². The average molecular weight is 260 g/mol. The summed E-state index contributed by atoms with van der Waals surface area (Å²) in [6, 6.07) is 10.6. The molecule has 2 aromatic rings. The van der Waals surface area contributed by atoms with Crippen molar-refractivity contribution in [3.05, 3.63) is 65.7 Å². The van der Waals surface area contributed by atoms with Gasteiger partial charge in [0.15, 0.2) is 0 Å². The maximum atomic E-state index is 13.6. The number of hydrogen-bond donors (Lipinski definition) is 1. The molecule has 0 unspecified atom stereocenters. The molecule has 0 fully saturated rings. The highest BCUT2D eigenvalue weighted by molar-refractivity contribution is 5.17. The molecule has 3 nitrogen and oxygen atoms in total. The molecule has 0 saturated carbocycles. The van der Waals surface area contributed by atoms with E-state index in [-0.39, 0.29) is 12.4 Å². The van der Waals surface area contributed by atoms with E-state index >= 15 is 0 Å². The van der Waals surface area contributed by atoms with E-state index in [1.165, 1.54) is 6.07 Å². The number of aromatic nitrogens is 1. The first-order valence-electron chi connectivity index (χ1n) is 6.25.